The Morgan fingerprint density at radius 1 is 1.19 bits per heavy atom. The summed E-state index contributed by atoms with van der Waals surface area (Å²) >= 11 is 23.7. The fraction of sp³-hybridized carbons (Fsp3) is 0.455. The first-order chi connectivity index (χ1) is 7.52. The van der Waals surface area contributed by atoms with Crippen molar-refractivity contribution < 1.29 is 0 Å². The monoisotopic (exact) mass is 299 g/mol. The predicted octanol–water partition coefficient (Wildman–Crippen LogP) is 4.32. The average molecular weight is 301 g/mol. The largest absolute Gasteiger partial charge is 0.305 e. The van der Waals surface area contributed by atoms with E-state index in [2.05, 4.69) is 5.32 Å². The van der Waals surface area contributed by atoms with E-state index >= 15 is 0 Å². The molecule has 0 unspecified atom stereocenters. The van der Waals surface area contributed by atoms with E-state index < -0.39 is 0 Å². The minimum atomic E-state index is -0.297. The maximum absolute atomic E-state index is 6.07. The molecule has 1 aromatic rings. The van der Waals surface area contributed by atoms with Gasteiger partial charge in [-0.3, -0.25) is 0 Å². The van der Waals surface area contributed by atoms with Crippen molar-refractivity contribution in [3.05, 3.63) is 33.8 Å². The number of halogens is 4. The second-order valence-electron chi connectivity index (χ2n) is 3.89. The Balaban J connectivity index is 2.71. The molecule has 0 amide bonds. The summed E-state index contributed by atoms with van der Waals surface area (Å²) in [7, 11) is 0. The zero-order chi connectivity index (χ0) is 12.2. The van der Waals surface area contributed by atoms with Crippen LogP contribution in [0.2, 0.25) is 10.0 Å². The maximum atomic E-state index is 6.07. The summed E-state index contributed by atoms with van der Waals surface area (Å²) in [4.78, 5) is 0. The molecular formula is C11H13Cl4N. The third kappa shape index (κ3) is 3.68. The van der Waals surface area contributed by atoms with E-state index in [0.29, 0.717) is 28.4 Å². The van der Waals surface area contributed by atoms with Gasteiger partial charge in [0.25, 0.3) is 0 Å². The number of hydrogen-bond acceptors (Lipinski definition) is 1. The summed E-state index contributed by atoms with van der Waals surface area (Å²) in [5.74, 6) is 0.878. The van der Waals surface area contributed by atoms with Gasteiger partial charge in [0.15, 0.2) is 0 Å². The van der Waals surface area contributed by atoms with Crippen LogP contribution in [0.25, 0.3) is 0 Å². The van der Waals surface area contributed by atoms with Gasteiger partial charge in [0.05, 0.1) is 10.0 Å². The number of nitrogens with one attached hydrogen (secondary N) is 1. The van der Waals surface area contributed by atoms with Gasteiger partial charge >= 0.3 is 0 Å². The van der Waals surface area contributed by atoms with Crippen molar-refractivity contribution in [2.75, 3.05) is 11.8 Å². The lowest BCUT2D eigenvalue weighted by molar-refractivity contribution is 0.435. The van der Waals surface area contributed by atoms with Gasteiger partial charge in [0.1, 0.15) is 0 Å². The quantitative estimate of drug-likeness (QED) is 0.799. The topological polar surface area (TPSA) is 12.0 Å². The summed E-state index contributed by atoms with van der Waals surface area (Å²) in [6, 6.07) is 5.55. The van der Waals surface area contributed by atoms with Crippen molar-refractivity contribution in [2.45, 2.75) is 19.0 Å². The molecule has 0 saturated carbocycles. The first-order valence-electron chi connectivity index (χ1n) is 4.82. The molecule has 0 aliphatic rings. The molecule has 0 aliphatic heterocycles. The van der Waals surface area contributed by atoms with Crippen LogP contribution in [0.15, 0.2) is 18.2 Å². The number of hydrogen-bond donors (Lipinski definition) is 1. The minimum Gasteiger partial charge on any atom is -0.305 e. The smallest absolute Gasteiger partial charge is 0.0637 e. The molecule has 1 nitrogen and oxygen atoms in total. The number of benzene rings is 1. The SMILES string of the molecule is CC(CCl)(CCl)NCc1cccc(Cl)c1Cl. The summed E-state index contributed by atoms with van der Waals surface area (Å²) < 4.78 is 0. The van der Waals surface area contributed by atoms with E-state index in [0.717, 1.165) is 5.56 Å². The Kier molecular flexibility index (Phi) is 5.69. The third-order valence-electron chi connectivity index (χ3n) is 2.33. The summed E-state index contributed by atoms with van der Waals surface area (Å²) in [6.07, 6.45) is 0. The van der Waals surface area contributed by atoms with Crippen LogP contribution in [-0.2, 0) is 6.54 Å². The van der Waals surface area contributed by atoms with Gasteiger partial charge in [0.2, 0.25) is 0 Å². The van der Waals surface area contributed by atoms with Gasteiger partial charge < -0.3 is 5.32 Å². The van der Waals surface area contributed by atoms with E-state index in [9.17, 15) is 0 Å². The molecule has 1 aromatic carbocycles. The van der Waals surface area contributed by atoms with Crippen molar-refractivity contribution >= 4 is 46.4 Å². The van der Waals surface area contributed by atoms with Crippen LogP contribution < -0.4 is 5.32 Å². The van der Waals surface area contributed by atoms with E-state index in [-0.39, 0.29) is 5.54 Å². The molecule has 0 aliphatic carbocycles. The van der Waals surface area contributed by atoms with Crippen LogP contribution in [0.4, 0.5) is 0 Å². The van der Waals surface area contributed by atoms with Crippen molar-refractivity contribution in [2.24, 2.45) is 0 Å². The molecule has 0 fully saturated rings. The third-order valence-corrected chi connectivity index (χ3v) is 4.36. The molecule has 0 bridgehead atoms. The van der Waals surface area contributed by atoms with Crippen molar-refractivity contribution in [3.63, 3.8) is 0 Å². The Hall–Kier alpha value is 0.340. The molecule has 0 radical (unpaired) electrons. The highest BCUT2D eigenvalue weighted by molar-refractivity contribution is 6.42. The number of alkyl halides is 2. The molecule has 0 atom stereocenters. The van der Waals surface area contributed by atoms with Crippen LogP contribution in [0.5, 0.6) is 0 Å². The molecule has 0 spiro atoms. The summed E-state index contributed by atoms with van der Waals surface area (Å²) in [6.45, 7) is 2.56. The van der Waals surface area contributed by atoms with E-state index in [1.165, 1.54) is 0 Å². The molecule has 1 N–H and O–H groups in total. The van der Waals surface area contributed by atoms with E-state index in [1.54, 1.807) is 6.07 Å². The first kappa shape index (κ1) is 14.4. The lowest BCUT2D eigenvalue weighted by atomic mass is 10.1. The lowest BCUT2D eigenvalue weighted by Gasteiger charge is -2.26. The van der Waals surface area contributed by atoms with Crippen LogP contribution in [-0.4, -0.2) is 17.3 Å². The lowest BCUT2D eigenvalue weighted by Crippen LogP contribution is -2.45. The molecule has 0 heterocycles. The Labute approximate surface area is 116 Å². The average Bonchev–Trinajstić information content (AvgIpc) is 2.31. The van der Waals surface area contributed by atoms with Crippen LogP contribution in [0, 0.1) is 0 Å². The summed E-state index contributed by atoms with van der Waals surface area (Å²) in [5, 5.41) is 4.40. The molecule has 0 saturated heterocycles. The highest BCUT2D eigenvalue weighted by Gasteiger charge is 2.21. The molecule has 5 heteroatoms. The second-order valence-corrected chi connectivity index (χ2v) is 5.21. The van der Waals surface area contributed by atoms with Crippen LogP contribution in [0.3, 0.4) is 0 Å². The normalized spacial score (nSPS) is 11.8. The van der Waals surface area contributed by atoms with Crippen molar-refractivity contribution in [1.82, 2.24) is 5.32 Å². The summed E-state index contributed by atoms with van der Waals surface area (Å²) in [5.41, 5.74) is 0.644. The second kappa shape index (κ2) is 6.32. The minimum absolute atomic E-state index is 0.297. The zero-order valence-corrected chi connectivity index (χ0v) is 11.9. The van der Waals surface area contributed by atoms with Gasteiger partial charge in [-0.15, -0.1) is 23.2 Å². The van der Waals surface area contributed by atoms with Gasteiger partial charge in [0, 0.05) is 23.8 Å². The van der Waals surface area contributed by atoms with Gasteiger partial charge in [-0.05, 0) is 18.6 Å². The predicted molar refractivity (Wildman–Crippen MR) is 73.1 cm³/mol. The van der Waals surface area contributed by atoms with E-state index in [4.69, 9.17) is 46.4 Å². The van der Waals surface area contributed by atoms with Gasteiger partial charge in [-0.25, -0.2) is 0 Å². The molecule has 16 heavy (non-hydrogen) atoms. The Morgan fingerprint density at radius 3 is 2.38 bits per heavy atom. The van der Waals surface area contributed by atoms with Gasteiger partial charge in [-0.1, -0.05) is 35.3 Å². The number of rotatable bonds is 5. The Bertz CT molecular complexity index is 350. The molecule has 90 valence electrons. The van der Waals surface area contributed by atoms with Crippen molar-refractivity contribution in [3.8, 4) is 0 Å². The zero-order valence-electron chi connectivity index (χ0n) is 8.87. The highest BCUT2D eigenvalue weighted by Crippen LogP contribution is 2.25. The first-order valence-corrected chi connectivity index (χ1v) is 6.65. The fourth-order valence-corrected chi connectivity index (χ4v) is 1.99. The highest BCUT2D eigenvalue weighted by atomic mass is 35.5. The molecule has 0 aromatic heterocycles. The van der Waals surface area contributed by atoms with Crippen LogP contribution >= 0.6 is 46.4 Å². The van der Waals surface area contributed by atoms with Crippen molar-refractivity contribution in [1.29, 1.82) is 0 Å². The van der Waals surface area contributed by atoms with E-state index in [1.807, 2.05) is 19.1 Å². The molecular weight excluding hydrogens is 288 g/mol. The molecule has 1 rings (SSSR count). The fourth-order valence-electron chi connectivity index (χ4n) is 1.12. The standard InChI is InChI=1S/C11H13Cl4N/c1-11(6-12,7-13)16-5-8-3-2-4-9(14)10(8)15/h2-4,16H,5-7H2,1H3. The Morgan fingerprint density at radius 2 is 1.81 bits per heavy atom. The van der Waals surface area contributed by atoms with Gasteiger partial charge in [-0.2, -0.15) is 0 Å². The maximum Gasteiger partial charge on any atom is 0.0637 e. The van der Waals surface area contributed by atoms with Crippen LogP contribution in [0.1, 0.15) is 12.5 Å².